The van der Waals surface area contributed by atoms with Crippen LogP contribution in [0.2, 0.25) is 0 Å². The van der Waals surface area contributed by atoms with Gasteiger partial charge < -0.3 is 4.90 Å². The van der Waals surface area contributed by atoms with Crippen LogP contribution in [0.25, 0.3) is 0 Å². The Labute approximate surface area is 155 Å². The van der Waals surface area contributed by atoms with Crippen LogP contribution in [0.3, 0.4) is 0 Å². The van der Waals surface area contributed by atoms with E-state index in [1.807, 2.05) is 31.5 Å². The highest BCUT2D eigenvalue weighted by atomic mass is 32.2. The Hall–Kier alpha value is -1.97. The molecule has 0 bridgehead atoms. The maximum Gasteiger partial charge on any atom is 0.246 e. The molecule has 3 rings (SSSR count). The number of nitrogens with zero attached hydrogens (tertiary/aromatic N) is 6. The molecule has 0 saturated carbocycles. The number of hydrogen-bond acceptors (Lipinski definition) is 6. The standard InChI is InChI=1S/C17H26N6O2S/c1-14-17(26(24,25)20(3)4)15(2)23(19-14)13-21-9-11-22(12-10-21)16-5-7-18-8-6-16/h5-8H,9-13H2,1-4H3. The molecule has 1 saturated heterocycles. The van der Waals surface area contributed by atoms with Gasteiger partial charge in [-0.3, -0.25) is 14.6 Å². The second-order valence-corrected chi connectivity index (χ2v) is 8.83. The Morgan fingerprint density at radius 3 is 2.27 bits per heavy atom. The first-order valence-corrected chi connectivity index (χ1v) is 10.1. The summed E-state index contributed by atoms with van der Waals surface area (Å²) >= 11 is 0. The fourth-order valence-electron chi connectivity index (χ4n) is 3.27. The monoisotopic (exact) mass is 378 g/mol. The lowest BCUT2D eigenvalue weighted by Crippen LogP contribution is -2.47. The molecule has 2 aromatic heterocycles. The second kappa shape index (κ2) is 7.34. The minimum atomic E-state index is -3.49. The normalized spacial score (nSPS) is 16.4. The van der Waals surface area contributed by atoms with Crippen molar-refractivity contribution in [3.05, 3.63) is 35.9 Å². The van der Waals surface area contributed by atoms with E-state index in [0.29, 0.717) is 23.0 Å². The summed E-state index contributed by atoms with van der Waals surface area (Å²) in [5.41, 5.74) is 2.42. The molecule has 1 aliphatic heterocycles. The van der Waals surface area contributed by atoms with Gasteiger partial charge >= 0.3 is 0 Å². The molecule has 26 heavy (non-hydrogen) atoms. The van der Waals surface area contributed by atoms with Gasteiger partial charge in [0.2, 0.25) is 10.0 Å². The maximum atomic E-state index is 12.5. The molecule has 8 nitrogen and oxygen atoms in total. The van der Waals surface area contributed by atoms with Gasteiger partial charge in [-0.2, -0.15) is 5.10 Å². The molecule has 0 amide bonds. The second-order valence-electron chi connectivity index (χ2n) is 6.74. The molecule has 0 aliphatic carbocycles. The topological polar surface area (TPSA) is 74.6 Å². The van der Waals surface area contributed by atoms with Gasteiger partial charge in [-0.25, -0.2) is 12.7 Å². The lowest BCUT2D eigenvalue weighted by molar-refractivity contribution is 0.193. The number of anilines is 1. The van der Waals surface area contributed by atoms with E-state index < -0.39 is 10.0 Å². The first-order chi connectivity index (χ1) is 12.3. The summed E-state index contributed by atoms with van der Waals surface area (Å²) < 4.78 is 28.1. The van der Waals surface area contributed by atoms with Gasteiger partial charge in [0, 0.05) is 58.4 Å². The van der Waals surface area contributed by atoms with Crippen LogP contribution < -0.4 is 4.90 Å². The van der Waals surface area contributed by atoms with Crippen LogP contribution in [0.4, 0.5) is 5.69 Å². The van der Waals surface area contributed by atoms with Crippen molar-refractivity contribution in [2.45, 2.75) is 25.4 Å². The van der Waals surface area contributed by atoms with Crippen molar-refractivity contribution >= 4 is 15.7 Å². The molecule has 0 radical (unpaired) electrons. The van der Waals surface area contributed by atoms with Crippen molar-refractivity contribution in [2.75, 3.05) is 45.2 Å². The van der Waals surface area contributed by atoms with Crippen molar-refractivity contribution in [1.82, 2.24) is 24.0 Å². The Bertz CT molecular complexity index is 855. The molecule has 9 heteroatoms. The molecule has 0 spiro atoms. The molecule has 2 aromatic rings. The van der Waals surface area contributed by atoms with Crippen LogP contribution in [0.5, 0.6) is 0 Å². The number of piperazine rings is 1. The van der Waals surface area contributed by atoms with Gasteiger partial charge in [-0.05, 0) is 26.0 Å². The third-order valence-corrected chi connectivity index (χ3v) is 6.86. The summed E-state index contributed by atoms with van der Waals surface area (Å²) in [4.78, 5) is 9.01. The van der Waals surface area contributed by atoms with E-state index in [9.17, 15) is 8.42 Å². The first-order valence-electron chi connectivity index (χ1n) is 8.64. The molecular weight excluding hydrogens is 352 g/mol. The number of aromatic nitrogens is 3. The smallest absolute Gasteiger partial charge is 0.246 e. The Kier molecular flexibility index (Phi) is 5.31. The lowest BCUT2D eigenvalue weighted by Gasteiger charge is -2.36. The Morgan fingerprint density at radius 2 is 1.69 bits per heavy atom. The van der Waals surface area contributed by atoms with E-state index in [4.69, 9.17) is 0 Å². The maximum absolute atomic E-state index is 12.5. The zero-order valence-corrected chi connectivity index (χ0v) is 16.6. The molecule has 0 atom stereocenters. The zero-order valence-electron chi connectivity index (χ0n) is 15.8. The summed E-state index contributed by atoms with van der Waals surface area (Å²) in [6.45, 7) is 7.82. The summed E-state index contributed by atoms with van der Waals surface area (Å²) in [5, 5.41) is 4.48. The highest BCUT2D eigenvalue weighted by molar-refractivity contribution is 7.89. The number of aryl methyl sites for hydroxylation is 1. The van der Waals surface area contributed by atoms with Crippen LogP contribution >= 0.6 is 0 Å². The molecule has 1 fully saturated rings. The zero-order chi connectivity index (χ0) is 18.9. The van der Waals surface area contributed by atoms with Crippen molar-refractivity contribution in [3.63, 3.8) is 0 Å². The van der Waals surface area contributed by atoms with Crippen molar-refractivity contribution in [3.8, 4) is 0 Å². The molecular formula is C17H26N6O2S. The van der Waals surface area contributed by atoms with E-state index in [-0.39, 0.29) is 0 Å². The fraction of sp³-hybridized carbons (Fsp3) is 0.529. The van der Waals surface area contributed by atoms with Crippen LogP contribution in [-0.2, 0) is 16.7 Å². The van der Waals surface area contributed by atoms with E-state index in [1.165, 1.54) is 9.99 Å². The lowest BCUT2D eigenvalue weighted by atomic mass is 10.3. The van der Waals surface area contributed by atoms with E-state index in [1.54, 1.807) is 25.7 Å². The minimum absolute atomic E-state index is 0.318. The predicted octanol–water partition coefficient (Wildman–Crippen LogP) is 0.925. The molecule has 142 valence electrons. The number of sulfonamides is 1. The quantitative estimate of drug-likeness (QED) is 0.770. The third-order valence-electron chi connectivity index (χ3n) is 4.79. The molecule has 0 unspecified atom stereocenters. The first kappa shape index (κ1) is 18.8. The highest BCUT2D eigenvalue weighted by Crippen LogP contribution is 2.22. The number of rotatable bonds is 5. The molecule has 0 aromatic carbocycles. The molecule has 1 aliphatic rings. The summed E-state index contributed by atoms with van der Waals surface area (Å²) in [6, 6.07) is 4.05. The van der Waals surface area contributed by atoms with Gasteiger partial charge in [0.25, 0.3) is 0 Å². The van der Waals surface area contributed by atoms with E-state index in [0.717, 1.165) is 26.2 Å². The Morgan fingerprint density at radius 1 is 1.08 bits per heavy atom. The van der Waals surface area contributed by atoms with Gasteiger partial charge in [0.1, 0.15) is 4.90 Å². The van der Waals surface area contributed by atoms with Gasteiger partial charge in [0.15, 0.2) is 0 Å². The third kappa shape index (κ3) is 3.60. The summed E-state index contributed by atoms with van der Waals surface area (Å²) in [7, 11) is -0.395. The average molecular weight is 379 g/mol. The molecule has 3 heterocycles. The van der Waals surface area contributed by atoms with Gasteiger partial charge in [0.05, 0.1) is 18.1 Å². The number of hydrogen-bond donors (Lipinski definition) is 0. The van der Waals surface area contributed by atoms with Gasteiger partial charge in [-0.15, -0.1) is 0 Å². The van der Waals surface area contributed by atoms with Crippen LogP contribution in [0.15, 0.2) is 29.4 Å². The van der Waals surface area contributed by atoms with E-state index in [2.05, 4.69) is 19.9 Å². The SMILES string of the molecule is Cc1nn(CN2CCN(c3ccncc3)CC2)c(C)c1S(=O)(=O)N(C)C. The molecule has 0 N–H and O–H groups in total. The van der Waals surface area contributed by atoms with Crippen molar-refractivity contribution in [1.29, 1.82) is 0 Å². The van der Waals surface area contributed by atoms with Crippen LogP contribution in [-0.4, -0.2) is 72.7 Å². The van der Waals surface area contributed by atoms with E-state index >= 15 is 0 Å². The summed E-state index contributed by atoms with van der Waals surface area (Å²) in [6.07, 6.45) is 3.62. The Balaban J connectivity index is 1.70. The van der Waals surface area contributed by atoms with Crippen LogP contribution in [0, 0.1) is 13.8 Å². The van der Waals surface area contributed by atoms with Crippen molar-refractivity contribution < 1.29 is 8.42 Å². The van der Waals surface area contributed by atoms with Gasteiger partial charge in [-0.1, -0.05) is 0 Å². The average Bonchev–Trinajstić information content (AvgIpc) is 2.90. The largest absolute Gasteiger partial charge is 0.369 e. The highest BCUT2D eigenvalue weighted by Gasteiger charge is 2.27. The minimum Gasteiger partial charge on any atom is -0.369 e. The summed E-state index contributed by atoms with van der Waals surface area (Å²) in [5.74, 6) is 0. The number of pyridine rings is 1. The van der Waals surface area contributed by atoms with Crippen molar-refractivity contribution in [2.24, 2.45) is 0 Å². The predicted molar refractivity (Wildman–Crippen MR) is 101 cm³/mol. The fourth-order valence-corrected chi connectivity index (χ4v) is 4.52. The van der Waals surface area contributed by atoms with Crippen LogP contribution in [0.1, 0.15) is 11.4 Å².